The second-order valence-corrected chi connectivity index (χ2v) is 3.93. The molecule has 3 rings (SSSR count). The van der Waals surface area contributed by atoms with E-state index < -0.39 is 0 Å². The summed E-state index contributed by atoms with van der Waals surface area (Å²) in [5, 5.41) is 8.67. The van der Waals surface area contributed by atoms with Gasteiger partial charge in [-0.25, -0.2) is 0 Å². The minimum Gasteiger partial charge on any atom is -0.303 e. The Morgan fingerprint density at radius 1 is 1.18 bits per heavy atom. The molecule has 11 heavy (non-hydrogen) atoms. The molecule has 3 aliphatic rings. The van der Waals surface area contributed by atoms with Crippen molar-refractivity contribution >= 4 is 0 Å². The number of piperidine rings is 3. The Morgan fingerprint density at radius 3 is 2.18 bits per heavy atom. The van der Waals surface area contributed by atoms with Crippen LogP contribution in [0.4, 0.5) is 0 Å². The third-order valence-corrected chi connectivity index (χ3v) is 3.33. The van der Waals surface area contributed by atoms with Gasteiger partial charge in [0.2, 0.25) is 0 Å². The standard InChI is InChI=1S/C9H14N2/c10-5-1-9-2-6-11(7-3-9)8-4-9/h1-4,6-8H2. The van der Waals surface area contributed by atoms with Crippen molar-refractivity contribution in [2.24, 2.45) is 5.41 Å². The minimum absolute atomic E-state index is 0.434. The predicted octanol–water partition coefficient (Wildman–Crippen LogP) is 1.39. The van der Waals surface area contributed by atoms with Gasteiger partial charge in [-0.15, -0.1) is 0 Å². The maximum Gasteiger partial charge on any atom is 0.0627 e. The highest BCUT2D eigenvalue weighted by molar-refractivity contribution is 4.96. The van der Waals surface area contributed by atoms with Crippen LogP contribution < -0.4 is 0 Å². The van der Waals surface area contributed by atoms with Gasteiger partial charge in [0, 0.05) is 6.42 Å². The van der Waals surface area contributed by atoms with Gasteiger partial charge in [0.05, 0.1) is 6.07 Å². The molecule has 0 spiro atoms. The summed E-state index contributed by atoms with van der Waals surface area (Å²) in [4.78, 5) is 2.51. The van der Waals surface area contributed by atoms with E-state index in [9.17, 15) is 0 Å². The van der Waals surface area contributed by atoms with Crippen LogP contribution in [0, 0.1) is 16.7 Å². The Labute approximate surface area is 67.8 Å². The minimum atomic E-state index is 0.434. The van der Waals surface area contributed by atoms with Gasteiger partial charge in [0.1, 0.15) is 0 Å². The smallest absolute Gasteiger partial charge is 0.0627 e. The zero-order valence-electron chi connectivity index (χ0n) is 6.84. The number of fused-ring (bicyclic) bond motifs is 3. The molecule has 3 saturated heterocycles. The second-order valence-electron chi connectivity index (χ2n) is 3.93. The highest BCUT2D eigenvalue weighted by Crippen LogP contribution is 2.42. The SMILES string of the molecule is N#CCC12CCN(CC1)CC2. The second kappa shape index (κ2) is 2.49. The van der Waals surface area contributed by atoms with Crippen LogP contribution in [0.5, 0.6) is 0 Å². The molecule has 0 aromatic carbocycles. The van der Waals surface area contributed by atoms with E-state index in [4.69, 9.17) is 5.26 Å². The van der Waals surface area contributed by atoms with Gasteiger partial charge >= 0.3 is 0 Å². The average molecular weight is 150 g/mol. The van der Waals surface area contributed by atoms with Gasteiger partial charge in [-0.1, -0.05) is 0 Å². The van der Waals surface area contributed by atoms with Gasteiger partial charge in [-0.05, 0) is 44.3 Å². The van der Waals surface area contributed by atoms with Crippen LogP contribution in [-0.2, 0) is 0 Å². The van der Waals surface area contributed by atoms with E-state index in [1.165, 1.54) is 38.9 Å². The van der Waals surface area contributed by atoms with Gasteiger partial charge < -0.3 is 4.90 Å². The maximum absolute atomic E-state index is 8.67. The zero-order valence-corrected chi connectivity index (χ0v) is 6.84. The van der Waals surface area contributed by atoms with Gasteiger partial charge in [0.15, 0.2) is 0 Å². The summed E-state index contributed by atoms with van der Waals surface area (Å²) in [6.07, 6.45) is 4.59. The Bertz CT molecular complexity index is 170. The van der Waals surface area contributed by atoms with E-state index >= 15 is 0 Å². The third-order valence-electron chi connectivity index (χ3n) is 3.33. The maximum atomic E-state index is 8.67. The molecule has 3 heterocycles. The number of rotatable bonds is 1. The fraction of sp³-hybridized carbons (Fsp3) is 0.889. The van der Waals surface area contributed by atoms with E-state index in [1.807, 2.05) is 0 Å². The summed E-state index contributed by atoms with van der Waals surface area (Å²) in [6.45, 7) is 3.71. The Morgan fingerprint density at radius 2 is 1.73 bits per heavy atom. The van der Waals surface area contributed by atoms with Crippen molar-refractivity contribution in [3.63, 3.8) is 0 Å². The molecule has 0 saturated carbocycles. The highest BCUT2D eigenvalue weighted by Gasteiger charge is 2.38. The van der Waals surface area contributed by atoms with Crippen LogP contribution in [0.3, 0.4) is 0 Å². The van der Waals surface area contributed by atoms with Crippen molar-refractivity contribution in [2.45, 2.75) is 25.7 Å². The molecule has 2 heteroatoms. The highest BCUT2D eigenvalue weighted by atomic mass is 15.1. The quantitative estimate of drug-likeness (QED) is 0.564. The van der Waals surface area contributed by atoms with Crippen LogP contribution in [0.25, 0.3) is 0 Å². The number of hydrogen-bond acceptors (Lipinski definition) is 2. The lowest BCUT2D eigenvalue weighted by molar-refractivity contribution is 0.0298. The van der Waals surface area contributed by atoms with Crippen molar-refractivity contribution in [1.29, 1.82) is 5.26 Å². The summed E-state index contributed by atoms with van der Waals surface area (Å²) in [7, 11) is 0. The lowest BCUT2D eigenvalue weighted by Gasteiger charge is -2.47. The molecule has 0 aliphatic carbocycles. The Hall–Kier alpha value is -0.550. The van der Waals surface area contributed by atoms with E-state index in [0.29, 0.717) is 5.41 Å². The van der Waals surface area contributed by atoms with Crippen molar-refractivity contribution in [3.8, 4) is 6.07 Å². The van der Waals surface area contributed by atoms with Crippen LogP contribution >= 0.6 is 0 Å². The molecular weight excluding hydrogens is 136 g/mol. The molecule has 0 aromatic rings. The monoisotopic (exact) mass is 150 g/mol. The molecule has 0 amide bonds. The van der Waals surface area contributed by atoms with Crippen LogP contribution in [0.1, 0.15) is 25.7 Å². The normalized spacial score (nSPS) is 41.9. The Balaban J connectivity index is 2.07. The van der Waals surface area contributed by atoms with Gasteiger partial charge in [-0.2, -0.15) is 5.26 Å². The molecule has 3 aliphatic heterocycles. The van der Waals surface area contributed by atoms with Crippen molar-refractivity contribution in [1.82, 2.24) is 4.90 Å². The largest absolute Gasteiger partial charge is 0.303 e. The average Bonchev–Trinajstić information content (AvgIpc) is 2.07. The summed E-state index contributed by atoms with van der Waals surface area (Å²) in [5.41, 5.74) is 0.434. The van der Waals surface area contributed by atoms with E-state index in [1.54, 1.807) is 0 Å². The topological polar surface area (TPSA) is 27.0 Å². The lowest BCUT2D eigenvalue weighted by atomic mass is 9.70. The predicted molar refractivity (Wildman–Crippen MR) is 43.0 cm³/mol. The summed E-state index contributed by atoms with van der Waals surface area (Å²) in [6, 6.07) is 2.34. The third kappa shape index (κ3) is 1.14. The number of nitriles is 1. The summed E-state index contributed by atoms with van der Waals surface area (Å²) >= 11 is 0. The summed E-state index contributed by atoms with van der Waals surface area (Å²) in [5.74, 6) is 0. The fourth-order valence-electron chi connectivity index (χ4n) is 2.33. The van der Waals surface area contributed by atoms with Crippen LogP contribution in [-0.4, -0.2) is 24.5 Å². The molecule has 0 radical (unpaired) electrons. The van der Waals surface area contributed by atoms with E-state index in [2.05, 4.69) is 11.0 Å². The first-order valence-electron chi connectivity index (χ1n) is 4.44. The molecule has 0 atom stereocenters. The number of hydrogen-bond donors (Lipinski definition) is 0. The van der Waals surface area contributed by atoms with Crippen molar-refractivity contribution < 1.29 is 0 Å². The zero-order chi connectivity index (χ0) is 7.73. The first-order valence-corrected chi connectivity index (χ1v) is 4.44. The van der Waals surface area contributed by atoms with E-state index in [0.717, 1.165) is 6.42 Å². The van der Waals surface area contributed by atoms with Crippen LogP contribution in [0.2, 0.25) is 0 Å². The molecular formula is C9H14N2. The van der Waals surface area contributed by atoms with Crippen molar-refractivity contribution in [3.05, 3.63) is 0 Å². The van der Waals surface area contributed by atoms with Crippen molar-refractivity contribution in [2.75, 3.05) is 19.6 Å². The van der Waals surface area contributed by atoms with E-state index in [-0.39, 0.29) is 0 Å². The molecule has 0 unspecified atom stereocenters. The lowest BCUT2D eigenvalue weighted by Crippen LogP contribution is -2.47. The van der Waals surface area contributed by atoms with Gasteiger partial charge in [-0.3, -0.25) is 0 Å². The first-order chi connectivity index (χ1) is 5.35. The number of nitrogens with zero attached hydrogens (tertiary/aromatic N) is 2. The molecule has 2 nitrogen and oxygen atoms in total. The van der Waals surface area contributed by atoms with Gasteiger partial charge in [0.25, 0.3) is 0 Å². The Kier molecular flexibility index (Phi) is 1.61. The molecule has 3 fully saturated rings. The molecule has 0 aromatic heterocycles. The molecule has 2 bridgehead atoms. The first kappa shape index (κ1) is 7.12. The summed E-state index contributed by atoms with van der Waals surface area (Å²) < 4.78 is 0. The molecule has 60 valence electrons. The van der Waals surface area contributed by atoms with Crippen LogP contribution in [0.15, 0.2) is 0 Å². The molecule has 0 N–H and O–H groups in total. The fourth-order valence-corrected chi connectivity index (χ4v) is 2.33.